The van der Waals surface area contributed by atoms with E-state index in [2.05, 4.69) is 10.2 Å². The standard InChI is InChI=1S/C24H22F4N2OS/c25-21-6-1-3-16(9-21)13-30-8-7-17(14-30)12-29-23(31)22-11-19(15-32-22)18-4-2-5-20(10-18)24(26,27)28/h1-6,9-11,15,17H,7-8,12-14H2,(H,29,31). The van der Waals surface area contributed by atoms with Crippen molar-refractivity contribution in [3.63, 3.8) is 0 Å². The zero-order valence-corrected chi connectivity index (χ0v) is 18.0. The quantitative estimate of drug-likeness (QED) is 0.468. The summed E-state index contributed by atoms with van der Waals surface area (Å²) in [5.41, 5.74) is 1.24. The first kappa shape index (κ1) is 22.5. The zero-order chi connectivity index (χ0) is 22.7. The summed E-state index contributed by atoms with van der Waals surface area (Å²) in [5.74, 6) is -0.168. The molecule has 0 bridgehead atoms. The molecule has 1 atom stereocenters. The van der Waals surface area contributed by atoms with E-state index in [4.69, 9.17) is 0 Å². The predicted octanol–water partition coefficient (Wildman–Crippen LogP) is 5.82. The Balaban J connectivity index is 1.30. The fraction of sp³-hybridized carbons (Fsp3) is 0.292. The van der Waals surface area contributed by atoms with Crippen LogP contribution in [-0.4, -0.2) is 30.4 Å². The summed E-state index contributed by atoms with van der Waals surface area (Å²) in [5, 5.41) is 4.63. The number of nitrogens with zero attached hydrogens (tertiary/aromatic N) is 1. The maximum Gasteiger partial charge on any atom is 0.416 e. The van der Waals surface area contributed by atoms with E-state index in [0.29, 0.717) is 35.0 Å². The van der Waals surface area contributed by atoms with Crippen molar-refractivity contribution in [2.45, 2.75) is 19.1 Å². The molecule has 0 radical (unpaired) electrons. The van der Waals surface area contributed by atoms with Crippen molar-refractivity contribution >= 4 is 17.2 Å². The molecule has 3 nitrogen and oxygen atoms in total. The third kappa shape index (κ3) is 5.55. The molecule has 3 aromatic rings. The molecule has 1 unspecified atom stereocenters. The molecule has 168 valence electrons. The molecular weight excluding hydrogens is 440 g/mol. The van der Waals surface area contributed by atoms with E-state index in [1.807, 2.05) is 6.07 Å². The fourth-order valence-corrected chi connectivity index (χ4v) is 4.75. The highest BCUT2D eigenvalue weighted by atomic mass is 32.1. The number of carbonyl (C=O) groups is 1. The summed E-state index contributed by atoms with van der Waals surface area (Å²) in [6, 6.07) is 13.3. The summed E-state index contributed by atoms with van der Waals surface area (Å²) < 4.78 is 52.2. The fourth-order valence-electron chi connectivity index (χ4n) is 3.92. The maximum atomic E-state index is 13.4. The number of hydrogen-bond acceptors (Lipinski definition) is 3. The molecule has 32 heavy (non-hydrogen) atoms. The molecule has 8 heteroatoms. The van der Waals surface area contributed by atoms with Gasteiger partial charge in [-0.1, -0.05) is 24.3 Å². The second-order valence-electron chi connectivity index (χ2n) is 8.01. The van der Waals surface area contributed by atoms with Crippen molar-refractivity contribution in [2.24, 2.45) is 5.92 Å². The molecule has 2 heterocycles. The van der Waals surface area contributed by atoms with Crippen molar-refractivity contribution in [2.75, 3.05) is 19.6 Å². The van der Waals surface area contributed by atoms with Crippen molar-refractivity contribution in [1.82, 2.24) is 10.2 Å². The molecule has 1 fully saturated rings. The zero-order valence-electron chi connectivity index (χ0n) is 17.2. The van der Waals surface area contributed by atoms with Gasteiger partial charge in [-0.2, -0.15) is 13.2 Å². The van der Waals surface area contributed by atoms with Gasteiger partial charge in [0.15, 0.2) is 0 Å². The molecule has 1 aliphatic rings. The summed E-state index contributed by atoms with van der Waals surface area (Å²) >= 11 is 1.21. The van der Waals surface area contributed by atoms with Crippen LogP contribution in [0.5, 0.6) is 0 Å². The van der Waals surface area contributed by atoms with Gasteiger partial charge in [0.25, 0.3) is 5.91 Å². The third-order valence-electron chi connectivity index (χ3n) is 5.56. The molecule has 0 saturated carbocycles. The molecule has 2 aromatic carbocycles. The van der Waals surface area contributed by atoms with Gasteiger partial charge in [0.1, 0.15) is 5.82 Å². The Hall–Kier alpha value is -2.71. The Kier molecular flexibility index (Phi) is 6.62. The van der Waals surface area contributed by atoms with Gasteiger partial charge in [-0.05, 0) is 71.3 Å². The van der Waals surface area contributed by atoms with Gasteiger partial charge in [-0.25, -0.2) is 4.39 Å². The van der Waals surface area contributed by atoms with E-state index in [1.54, 1.807) is 23.6 Å². The highest BCUT2D eigenvalue weighted by Gasteiger charge is 2.30. The first-order valence-corrected chi connectivity index (χ1v) is 11.2. The topological polar surface area (TPSA) is 32.3 Å². The number of hydrogen-bond donors (Lipinski definition) is 1. The first-order valence-electron chi connectivity index (χ1n) is 10.3. The molecule has 0 spiro atoms. The molecule has 4 rings (SSSR count). The van der Waals surface area contributed by atoms with Crippen LogP contribution in [0, 0.1) is 11.7 Å². The summed E-state index contributed by atoms with van der Waals surface area (Å²) in [6.45, 7) is 2.90. The van der Waals surface area contributed by atoms with Gasteiger partial charge in [0, 0.05) is 19.6 Å². The van der Waals surface area contributed by atoms with Crippen molar-refractivity contribution < 1.29 is 22.4 Å². The van der Waals surface area contributed by atoms with Crippen LogP contribution in [0.15, 0.2) is 60.0 Å². The Labute approximate surface area is 187 Å². The van der Waals surface area contributed by atoms with E-state index < -0.39 is 11.7 Å². The van der Waals surface area contributed by atoms with Gasteiger partial charge in [-0.3, -0.25) is 9.69 Å². The number of rotatable bonds is 6. The van der Waals surface area contributed by atoms with Gasteiger partial charge in [0.2, 0.25) is 0 Å². The van der Waals surface area contributed by atoms with Crippen molar-refractivity contribution in [3.8, 4) is 11.1 Å². The average Bonchev–Trinajstić information content (AvgIpc) is 3.41. The van der Waals surface area contributed by atoms with Crippen molar-refractivity contribution in [1.29, 1.82) is 0 Å². The number of nitrogens with one attached hydrogen (secondary N) is 1. The lowest BCUT2D eigenvalue weighted by atomic mass is 10.1. The Morgan fingerprint density at radius 2 is 1.91 bits per heavy atom. The van der Waals surface area contributed by atoms with E-state index >= 15 is 0 Å². The summed E-state index contributed by atoms with van der Waals surface area (Å²) in [6.07, 6.45) is -3.47. The largest absolute Gasteiger partial charge is 0.416 e. The lowest BCUT2D eigenvalue weighted by molar-refractivity contribution is -0.137. The average molecular weight is 463 g/mol. The lowest BCUT2D eigenvalue weighted by Crippen LogP contribution is -2.30. The maximum absolute atomic E-state index is 13.4. The number of benzene rings is 2. The van der Waals surface area contributed by atoms with Crippen LogP contribution < -0.4 is 5.32 Å². The lowest BCUT2D eigenvalue weighted by Gasteiger charge is -2.16. The van der Waals surface area contributed by atoms with E-state index in [1.165, 1.54) is 29.5 Å². The number of carbonyl (C=O) groups excluding carboxylic acids is 1. The van der Waals surface area contributed by atoms with Gasteiger partial charge in [-0.15, -0.1) is 11.3 Å². The summed E-state index contributed by atoms with van der Waals surface area (Å²) in [7, 11) is 0. The van der Waals surface area contributed by atoms with E-state index in [9.17, 15) is 22.4 Å². The van der Waals surface area contributed by atoms with Crippen LogP contribution in [0.3, 0.4) is 0 Å². The van der Waals surface area contributed by atoms with Crippen LogP contribution in [0.4, 0.5) is 17.6 Å². The minimum atomic E-state index is -4.41. The van der Waals surface area contributed by atoms with Crippen LogP contribution >= 0.6 is 11.3 Å². The Bertz CT molecular complexity index is 1100. The summed E-state index contributed by atoms with van der Waals surface area (Å²) in [4.78, 5) is 15.2. The second-order valence-corrected chi connectivity index (χ2v) is 8.92. The molecular formula is C24H22F4N2OS. The van der Waals surface area contributed by atoms with Crippen LogP contribution in [0.2, 0.25) is 0 Å². The molecule has 0 aliphatic carbocycles. The number of halogens is 4. The number of alkyl halides is 3. The van der Waals surface area contributed by atoms with E-state index in [0.717, 1.165) is 37.2 Å². The van der Waals surface area contributed by atoms with Gasteiger partial charge >= 0.3 is 6.18 Å². The molecule has 1 aliphatic heterocycles. The molecule has 1 saturated heterocycles. The highest BCUT2D eigenvalue weighted by Crippen LogP contribution is 2.33. The smallest absolute Gasteiger partial charge is 0.351 e. The van der Waals surface area contributed by atoms with E-state index in [-0.39, 0.29) is 11.7 Å². The normalized spacial score (nSPS) is 16.9. The highest BCUT2D eigenvalue weighted by molar-refractivity contribution is 7.12. The number of amides is 1. The number of likely N-dealkylation sites (tertiary alicyclic amines) is 1. The predicted molar refractivity (Wildman–Crippen MR) is 117 cm³/mol. The van der Waals surface area contributed by atoms with Gasteiger partial charge in [0.05, 0.1) is 10.4 Å². The monoisotopic (exact) mass is 462 g/mol. The Morgan fingerprint density at radius 3 is 2.69 bits per heavy atom. The van der Waals surface area contributed by atoms with Gasteiger partial charge < -0.3 is 5.32 Å². The van der Waals surface area contributed by atoms with Crippen LogP contribution in [0.1, 0.15) is 27.2 Å². The van der Waals surface area contributed by atoms with Crippen LogP contribution in [-0.2, 0) is 12.7 Å². The molecule has 1 aromatic heterocycles. The minimum absolute atomic E-state index is 0.225. The third-order valence-corrected chi connectivity index (χ3v) is 6.49. The molecule has 1 N–H and O–H groups in total. The second kappa shape index (κ2) is 9.42. The molecule has 1 amide bonds. The Morgan fingerprint density at radius 1 is 1.09 bits per heavy atom. The van der Waals surface area contributed by atoms with Crippen LogP contribution in [0.25, 0.3) is 11.1 Å². The number of thiophene rings is 1. The van der Waals surface area contributed by atoms with Crippen molar-refractivity contribution in [3.05, 3.63) is 81.8 Å². The SMILES string of the molecule is O=C(NCC1CCN(Cc2cccc(F)c2)C1)c1cc(-c2cccc(C(F)(F)F)c2)cs1. The first-order chi connectivity index (χ1) is 15.3. The minimum Gasteiger partial charge on any atom is -0.351 e.